The Hall–Kier alpha value is -2.51. The molecule has 5 nitrogen and oxygen atoms in total. The van der Waals surface area contributed by atoms with Crippen molar-refractivity contribution in [2.45, 2.75) is 77.1 Å². The number of pyridine rings is 1. The Balaban J connectivity index is 1.35. The largest absolute Gasteiger partial charge is 0.417 e. The van der Waals surface area contributed by atoms with Crippen LogP contribution in [0.3, 0.4) is 0 Å². The zero-order valence-corrected chi connectivity index (χ0v) is 18.7. The molecule has 1 saturated heterocycles. The SMILES string of the molecule is Cc1cc(C(=O)NC2CCN(c3ccc(C(F)(F)F)cn3)CC2)c(C)n1C1CCCCC1. The molecule has 0 unspecified atom stereocenters. The number of nitrogens with zero attached hydrogens (tertiary/aromatic N) is 3. The van der Waals surface area contributed by atoms with E-state index in [1.807, 2.05) is 17.9 Å². The number of alkyl halides is 3. The van der Waals surface area contributed by atoms with Crippen molar-refractivity contribution in [3.05, 3.63) is 46.9 Å². The molecular formula is C24H31F3N4O. The van der Waals surface area contributed by atoms with Gasteiger partial charge in [0.2, 0.25) is 0 Å². The number of rotatable bonds is 4. The second-order valence-electron chi connectivity index (χ2n) is 9.08. The number of carbonyl (C=O) groups excluding carboxylic acids is 1. The van der Waals surface area contributed by atoms with Gasteiger partial charge in [-0.05, 0) is 57.7 Å². The van der Waals surface area contributed by atoms with E-state index in [0.717, 1.165) is 42.1 Å². The van der Waals surface area contributed by atoms with Gasteiger partial charge in [-0.1, -0.05) is 19.3 Å². The van der Waals surface area contributed by atoms with Gasteiger partial charge < -0.3 is 14.8 Å². The van der Waals surface area contributed by atoms with Gasteiger partial charge in [0.15, 0.2) is 0 Å². The predicted molar refractivity (Wildman–Crippen MR) is 118 cm³/mol. The van der Waals surface area contributed by atoms with E-state index in [2.05, 4.69) is 21.8 Å². The van der Waals surface area contributed by atoms with Crippen molar-refractivity contribution in [3.63, 3.8) is 0 Å². The van der Waals surface area contributed by atoms with Gasteiger partial charge in [0.05, 0.1) is 11.1 Å². The first-order chi connectivity index (χ1) is 15.2. The number of nitrogens with one attached hydrogen (secondary N) is 1. The number of hydrogen-bond acceptors (Lipinski definition) is 3. The molecule has 1 amide bonds. The first kappa shape index (κ1) is 22.7. The van der Waals surface area contributed by atoms with Crippen LogP contribution in [-0.2, 0) is 6.18 Å². The van der Waals surface area contributed by atoms with E-state index in [4.69, 9.17) is 0 Å². The normalized spacial score (nSPS) is 18.7. The summed E-state index contributed by atoms with van der Waals surface area (Å²) in [5.74, 6) is 0.505. The quantitative estimate of drug-likeness (QED) is 0.679. The van der Waals surface area contributed by atoms with Crippen molar-refractivity contribution in [1.82, 2.24) is 14.9 Å². The molecule has 1 aliphatic heterocycles. The predicted octanol–water partition coefficient (Wildman–Crippen LogP) is 5.42. The molecule has 2 fully saturated rings. The topological polar surface area (TPSA) is 50.2 Å². The lowest BCUT2D eigenvalue weighted by atomic mass is 9.95. The molecule has 0 bridgehead atoms. The van der Waals surface area contributed by atoms with Crippen LogP contribution in [0.2, 0.25) is 0 Å². The maximum Gasteiger partial charge on any atom is 0.417 e. The highest BCUT2D eigenvalue weighted by molar-refractivity contribution is 5.96. The Morgan fingerprint density at radius 1 is 1.06 bits per heavy atom. The molecule has 1 saturated carbocycles. The van der Waals surface area contributed by atoms with Crippen LogP contribution in [0.5, 0.6) is 0 Å². The van der Waals surface area contributed by atoms with E-state index in [9.17, 15) is 18.0 Å². The molecule has 0 spiro atoms. The zero-order valence-electron chi connectivity index (χ0n) is 18.7. The molecule has 0 atom stereocenters. The molecule has 174 valence electrons. The maximum absolute atomic E-state index is 13.0. The second-order valence-corrected chi connectivity index (χ2v) is 9.08. The van der Waals surface area contributed by atoms with Crippen LogP contribution < -0.4 is 10.2 Å². The third-order valence-electron chi connectivity index (χ3n) is 6.90. The number of hydrogen-bond donors (Lipinski definition) is 1. The summed E-state index contributed by atoms with van der Waals surface area (Å²) < 4.78 is 40.6. The average molecular weight is 449 g/mol. The highest BCUT2D eigenvalue weighted by atomic mass is 19.4. The number of carbonyl (C=O) groups is 1. The summed E-state index contributed by atoms with van der Waals surface area (Å²) in [7, 11) is 0. The number of anilines is 1. The molecule has 2 aromatic rings. The Kier molecular flexibility index (Phi) is 6.49. The molecule has 2 aliphatic rings. The molecule has 1 aliphatic carbocycles. The zero-order chi connectivity index (χ0) is 22.9. The van der Waals surface area contributed by atoms with Crippen LogP contribution in [0.4, 0.5) is 19.0 Å². The summed E-state index contributed by atoms with van der Waals surface area (Å²) >= 11 is 0. The van der Waals surface area contributed by atoms with Gasteiger partial charge in [-0.15, -0.1) is 0 Å². The smallest absolute Gasteiger partial charge is 0.356 e. The third-order valence-corrected chi connectivity index (χ3v) is 6.90. The van der Waals surface area contributed by atoms with Crippen LogP contribution in [0.25, 0.3) is 0 Å². The molecular weight excluding hydrogens is 417 g/mol. The summed E-state index contributed by atoms with van der Waals surface area (Å²) in [5.41, 5.74) is 2.19. The summed E-state index contributed by atoms with van der Waals surface area (Å²) in [5, 5.41) is 3.17. The second kappa shape index (κ2) is 9.16. The Bertz CT molecular complexity index is 937. The molecule has 0 radical (unpaired) electrons. The van der Waals surface area contributed by atoms with E-state index in [0.29, 0.717) is 24.9 Å². The molecule has 8 heteroatoms. The highest BCUT2D eigenvalue weighted by Crippen LogP contribution is 2.32. The van der Waals surface area contributed by atoms with E-state index in [1.165, 1.54) is 38.2 Å². The number of aromatic nitrogens is 2. The molecule has 3 heterocycles. The first-order valence-electron chi connectivity index (χ1n) is 11.5. The Labute approximate surface area is 187 Å². The van der Waals surface area contributed by atoms with Gasteiger partial charge in [-0.25, -0.2) is 4.98 Å². The van der Waals surface area contributed by atoms with Crippen LogP contribution >= 0.6 is 0 Å². The van der Waals surface area contributed by atoms with Crippen molar-refractivity contribution in [2.75, 3.05) is 18.0 Å². The highest BCUT2D eigenvalue weighted by Gasteiger charge is 2.31. The minimum Gasteiger partial charge on any atom is -0.356 e. The van der Waals surface area contributed by atoms with Crippen LogP contribution in [0.1, 0.15) is 78.3 Å². The van der Waals surface area contributed by atoms with Crippen molar-refractivity contribution in [3.8, 4) is 0 Å². The fraction of sp³-hybridized carbons (Fsp3) is 0.583. The lowest BCUT2D eigenvalue weighted by molar-refractivity contribution is -0.137. The third kappa shape index (κ3) is 4.79. The number of halogens is 3. The van der Waals surface area contributed by atoms with E-state index in [1.54, 1.807) is 0 Å². The summed E-state index contributed by atoms with van der Waals surface area (Å²) in [4.78, 5) is 19.0. The summed E-state index contributed by atoms with van der Waals surface area (Å²) in [6.45, 7) is 5.40. The minimum absolute atomic E-state index is 0.0359. The minimum atomic E-state index is -4.38. The lowest BCUT2D eigenvalue weighted by Gasteiger charge is -2.33. The van der Waals surface area contributed by atoms with Crippen LogP contribution in [-0.4, -0.2) is 34.6 Å². The molecule has 4 rings (SSSR count). The van der Waals surface area contributed by atoms with Crippen LogP contribution in [0.15, 0.2) is 24.4 Å². The van der Waals surface area contributed by atoms with E-state index in [-0.39, 0.29) is 11.9 Å². The van der Waals surface area contributed by atoms with Crippen molar-refractivity contribution in [1.29, 1.82) is 0 Å². The van der Waals surface area contributed by atoms with Gasteiger partial charge in [0.25, 0.3) is 5.91 Å². The molecule has 0 aromatic carbocycles. The van der Waals surface area contributed by atoms with Gasteiger partial charge in [0.1, 0.15) is 5.82 Å². The number of amides is 1. The number of piperidine rings is 1. The first-order valence-corrected chi connectivity index (χ1v) is 11.5. The molecule has 1 N–H and O–H groups in total. The maximum atomic E-state index is 13.0. The van der Waals surface area contributed by atoms with E-state index >= 15 is 0 Å². The van der Waals surface area contributed by atoms with Gasteiger partial charge in [-0.2, -0.15) is 13.2 Å². The van der Waals surface area contributed by atoms with E-state index < -0.39 is 11.7 Å². The fourth-order valence-corrected chi connectivity index (χ4v) is 5.16. The van der Waals surface area contributed by atoms with Crippen molar-refractivity contribution in [2.24, 2.45) is 0 Å². The standard InChI is InChI=1S/C24H31F3N4O/c1-16-14-21(17(2)31(16)20-6-4-3-5-7-20)23(32)29-19-10-12-30(13-11-19)22-9-8-18(15-28-22)24(25,26)27/h8-9,14-15,19-20H,3-7,10-13H2,1-2H3,(H,29,32). The number of aryl methyl sites for hydroxylation is 1. The van der Waals surface area contributed by atoms with Gasteiger partial charge in [0, 0.05) is 42.8 Å². The summed E-state index contributed by atoms with van der Waals surface area (Å²) in [6, 6.07) is 5.02. The monoisotopic (exact) mass is 448 g/mol. The van der Waals surface area contributed by atoms with Crippen molar-refractivity contribution < 1.29 is 18.0 Å². The lowest BCUT2D eigenvalue weighted by Crippen LogP contribution is -2.45. The fourth-order valence-electron chi connectivity index (χ4n) is 5.16. The summed E-state index contributed by atoms with van der Waals surface area (Å²) in [6.07, 6.45) is 4.10. The van der Waals surface area contributed by atoms with Gasteiger partial charge in [-0.3, -0.25) is 4.79 Å². The van der Waals surface area contributed by atoms with Crippen molar-refractivity contribution >= 4 is 11.7 Å². The Morgan fingerprint density at radius 3 is 2.34 bits per heavy atom. The molecule has 2 aromatic heterocycles. The Morgan fingerprint density at radius 2 is 1.75 bits per heavy atom. The van der Waals surface area contributed by atoms with Crippen LogP contribution in [0, 0.1) is 13.8 Å². The van der Waals surface area contributed by atoms with Gasteiger partial charge >= 0.3 is 6.18 Å². The average Bonchev–Trinajstić information content (AvgIpc) is 3.08. The molecule has 32 heavy (non-hydrogen) atoms.